The van der Waals surface area contributed by atoms with Crippen molar-refractivity contribution in [3.63, 3.8) is 0 Å². The van der Waals surface area contributed by atoms with Crippen molar-refractivity contribution in [3.05, 3.63) is 0 Å². The topological polar surface area (TPSA) is 17.1 Å². The molecule has 0 saturated carbocycles. The van der Waals surface area contributed by atoms with Crippen molar-refractivity contribution in [1.29, 1.82) is 0 Å². The van der Waals surface area contributed by atoms with Crippen LogP contribution in [0.3, 0.4) is 0 Å². The van der Waals surface area contributed by atoms with E-state index in [4.69, 9.17) is 0 Å². The summed E-state index contributed by atoms with van der Waals surface area (Å²) in [4.78, 5) is 9.44. The molecule has 0 aliphatic heterocycles. The second-order valence-electron chi connectivity index (χ2n) is 0.908. The number of rotatable bonds is 0. The van der Waals surface area contributed by atoms with Gasteiger partial charge >= 0.3 is 0 Å². The molecule has 0 N–H and O–H groups in total. The van der Waals surface area contributed by atoms with Crippen molar-refractivity contribution >= 4 is 5.78 Å². The van der Waals surface area contributed by atoms with Crippen molar-refractivity contribution in [2.45, 2.75) is 13.8 Å². The van der Waals surface area contributed by atoms with Crippen molar-refractivity contribution < 1.29 is 85.6 Å². The molecule has 0 aliphatic rings. The minimum atomic E-state index is 0. The summed E-state index contributed by atoms with van der Waals surface area (Å²) in [5.41, 5.74) is 0. The van der Waals surface area contributed by atoms with Crippen molar-refractivity contribution in [2.24, 2.45) is 0 Å². The number of hydrogen-bond donors (Lipinski definition) is 0. The number of ketones is 1. The number of carbonyl (C=O) groups excluding carboxylic acids is 1. The first-order valence-corrected chi connectivity index (χ1v) is 1.20. The maximum Gasteiger partial charge on any atom is 0.126 e. The van der Waals surface area contributed by atoms with E-state index >= 15 is 0 Å². The van der Waals surface area contributed by atoms with Gasteiger partial charge in [-0.15, -0.1) is 0 Å². The standard InChI is InChI=1S/C3H6O.2Pm/c1-3(2)4;;/h1-2H3;;. The fourth-order valence-corrected chi connectivity index (χ4v) is 0. The van der Waals surface area contributed by atoms with Crippen LogP contribution >= 0.6 is 0 Å². The summed E-state index contributed by atoms with van der Waals surface area (Å²) >= 11 is 0. The first-order chi connectivity index (χ1) is 1.73. The second kappa shape index (κ2) is 10.4. The quantitative estimate of drug-likeness (QED) is 0.627. The molecule has 0 fully saturated rings. The van der Waals surface area contributed by atoms with Crippen LogP contribution in [-0.2, 0) is 4.79 Å². The second-order valence-corrected chi connectivity index (χ2v) is 0.908. The van der Waals surface area contributed by atoms with Gasteiger partial charge in [-0.05, 0) is 13.8 Å². The summed E-state index contributed by atoms with van der Waals surface area (Å²) in [6.07, 6.45) is 0. The molecule has 6 heavy (non-hydrogen) atoms. The van der Waals surface area contributed by atoms with Crippen molar-refractivity contribution in [3.8, 4) is 0 Å². The Bertz CT molecular complexity index is 31.8. The van der Waals surface area contributed by atoms with Crippen LogP contribution in [0.4, 0.5) is 0 Å². The summed E-state index contributed by atoms with van der Waals surface area (Å²) in [6.45, 7) is 3.06. The molecular weight excluding hydrogens is 342 g/mol. The van der Waals surface area contributed by atoms with Crippen molar-refractivity contribution in [1.82, 2.24) is 0 Å². The number of carbonyl (C=O) groups is 1. The van der Waals surface area contributed by atoms with Crippen LogP contribution in [0.15, 0.2) is 0 Å². The van der Waals surface area contributed by atoms with Crippen LogP contribution in [0.1, 0.15) is 13.8 Å². The Kier molecular flexibility index (Phi) is 27.2. The van der Waals surface area contributed by atoms with Crippen molar-refractivity contribution in [2.75, 3.05) is 0 Å². The molecule has 0 spiro atoms. The molecule has 0 aromatic heterocycles. The number of Topliss-reactive ketones (excluding diaryl/α,β-unsaturated/α-hetero) is 1. The van der Waals surface area contributed by atoms with Crippen LogP contribution in [0.5, 0.6) is 0 Å². The summed E-state index contributed by atoms with van der Waals surface area (Å²) < 4.78 is 0. The van der Waals surface area contributed by atoms with Gasteiger partial charge in [0.15, 0.2) is 0 Å². The maximum atomic E-state index is 9.44. The van der Waals surface area contributed by atoms with Gasteiger partial charge in [0, 0.05) is 80.8 Å². The minimum absolute atomic E-state index is 0. The van der Waals surface area contributed by atoms with E-state index in [1.807, 2.05) is 0 Å². The van der Waals surface area contributed by atoms with E-state index in [0.717, 1.165) is 0 Å². The zero-order valence-corrected chi connectivity index (χ0v) is 9.54. The molecule has 3 heteroatoms. The smallest absolute Gasteiger partial charge is 0.126 e. The Morgan fingerprint density at radius 1 is 1.17 bits per heavy atom. The van der Waals surface area contributed by atoms with E-state index in [1.54, 1.807) is 0 Å². The largest absolute Gasteiger partial charge is 0.300 e. The Morgan fingerprint density at radius 2 is 1.17 bits per heavy atom. The number of hydrogen-bond acceptors (Lipinski definition) is 1. The third kappa shape index (κ3) is 33.0. The van der Waals surface area contributed by atoms with Crippen LogP contribution in [0.25, 0.3) is 0 Å². The molecule has 0 rings (SSSR count). The summed E-state index contributed by atoms with van der Waals surface area (Å²) in [7, 11) is 0. The van der Waals surface area contributed by atoms with E-state index in [0.29, 0.717) is 0 Å². The van der Waals surface area contributed by atoms with Crippen LogP contribution < -0.4 is 0 Å². The predicted molar refractivity (Wildman–Crippen MR) is 16.4 cm³/mol. The van der Waals surface area contributed by atoms with Gasteiger partial charge in [-0.25, -0.2) is 0 Å². The molecule has 34 valence electrons. The molecule has 0 bridgehead atoms. The first-order valence-electron chi connectivity index (χ1n) is 1.20. The minimum Gasteiger partial charge on any atom is -0.300 e. The van der Waals surface area contributed by atoms with Crippen LogP contribution in [0, 0.1) is 80.8 Å². The molecule has 0 aromatic rings. The van der Waals surface area contributed by atoms with E-state index in [9.17, 15) is 4.79 Å². The molecule has 0 atom stereocenters. The van der Waals surface area contributed by atoms with Gasteiger partial charge in [0.2, 0.25) is 0 Å². The van der Waals surface area contributed by atoms with Gasteiger partial charge in [-0.3, -0.25) is 0 Å². The average molecular weight is 348 g/mol. The van der Waals surface area contributed by atoms with Gasteiger partial charge in [-0.2, -0.15) is 0 Å². The van der Waals surface area contributed by atoms with Gasteiger partial charge in [0.25, 0.3) is 0 Å². The third-order valence-corrected chi connectivity index (χ3v) is 0. The zero-order chi connectivity index (χ0) is 3.58. The van der Waals surface area contributed by atoms with Gasteiger partial charge in [-0.1, -0.05) is 0 Å². The van der Waals surface area contributed by atoms with Crippen LogP contribution in [0.2, 0.25) is 0 Å². The third-order valence-electron chi connectivity index (χ3n) is 0. The van der Waals surface area contributed by atoms with Crippen LogP contribution in [-0.4, -0.2) is 5.78 Å². The molecule has 0 amide bonds. The summed E-state index contributed by atoms with van der Waals surface area (Å²) in [5, 5.41) is 0. The molecule has 0 unspecified atom stereocenters. The molecule has 1 nitrogen and oxygen atoms in total. The molecule has 0 aromatic carbocycles. The first kappa shape index (κ1) is 15.8. The van der Waals surface area contributed by atoms with E-state index in [-0.39, 0.29) is 86.6 Å². The fourth-order valence-electron chi connectivity index (χ4n) is 0. The Balaban J connectivity index is -0.0000000450. The van der Waals surface area contributed by atoms with Gasteiger partial charge < -0.3 is 4.79 Å². The zero-order valence-electron chi connectivity index (χ0n) is 3.80. The predicted octanol–water partition coefficient (Wildman–Crippen LogP) is 0.595. The Morgan fingerprint density at radius 3 is 1.17 bits per heavy atom. The Hall–Kier alpha value is 2.35. The van der Waals surface area contributed by atoms with E-state index in [2.05, 4.69) is 0 Å². The molecule has 0 saturated heterocycles. The van der Waals surface area contributed by atoms with E-state index < -0.39 is 0 Å². The van der Waals surface area contributed by atoms with Gasteiger partial charge in [0.1, 0.15) is 5.78 Å². The Labute approximate surface area is 103 Å². The molecule has 2 radical (unpaired) electrons. The molecule has 0 heterocycles. The summed E-state index contributed by atoms with van der Waals surface area (Å²) in [5.74, 6) is 0.167. The maximum absolute atomic E-state index is 9.44. The fraction of sp³-hybridized carbons (Fsp3) is 0.667. The monoisotopic (exact) mass is 348 g/mol. The normalized spacial score (nSPS) is 4.33. The average Bonchev–Trinajstić information content (AvgIpc) is 0.811. The SMILES string of the molecule is CC(C)=O.[Pm].[Pm]. The summed E-state index contributed by atoms with van der Waals surface area (Å²) in [6, 6.07) is 0. The van der Waals surface area contributed by atoms with Gasteiger partial charge in [0.05, 0.1) is 0 Å². The van der Waals surface area contributed by atoms with E-state index in [1.165, 1.54) is 13.8 Å². The molecule has 0 aliphatic carbocycles. The molecular formula is C3H6OPm2.